The van der Waals surface area contributed by atoms with Crippen LogP contribution in [-0.4, -0.2) is 6.54 Å². The normalized spacial score (nSPS) is 21.1. The summed E-state index contributed by atoms with van der Waals surface area (Å²) in [5.41, 5.74) is 2.66. The number of nitrogens with one attached hydrogen (secondary N) is 1. The summed E-state index contributed by atoms with van der Waals surface area (Å²) in [5, 5.41) is 3.55. The van der Waals surface area contributed by atoms with Gasteiger partial charge in [-0.15, -0.1) is 0 Å². The fourth-order valence-electron chi connectivity index (χ4n) is 2.80. The van der Waals surface area contributed by atoms with Crippen LogP contribution in [-0.2, 0) is 0 Å². The molecule has 0 saturated heterocycles. The van der Waals surface area contributed by atoms with E-state index in [9.17, 15) is 4.39 Å². The van der Waals surface area contributed by atoms with Crippen molar-refractivity contribution in [3.63, 3.8) is 0 Å². The molecule has 104 valence electrons. The first-order chi connectivity index (χ1) is 9.31. The maximum Gasteiger partial charge on any atom is 0.123 e. The summed E-state index contributed by atoms with van der Waals surface area (Å²) >= 11 is 0. The van der Waals surface area contributed by atoms with Crippen LogP contribution in [0.2, 0.25) is 0 Å². The molecule has 1 aliphatic rings. The molecule has 0 radical (unpaired) electrons. The molecule has 1 aromatic rings. The molecule has 0 aromatic heterocycles. The van der Waals surface area contributed by atoms with Crippen LogP contribution in [0.5, 0.6) is 0 Å². The molecule has 2 heteroatoms. The van der Waals surface area contributed by atoms with E-state index in [-0.39, 0.29) is 11.9 Å². The van der Waals surface area contributed by atoms with Gasteiger partial charge in [0.15, 0.2) is 0 Å². The summed E-state index contributed by atoms with van der Waals surface area (Å²) in [6.07, 6.45) is 10.00. The summed E-state index contributed by atoms with van der Waals surface area (Å²) in [5.74, 6) is -0.161. The van der Waals surface area contributed by atoms with Gasteiger partial charge in [0.2, 0.25) is 0 Å². The van der Waals surface area contributed by atoms with Gasteiger partial charge < -0.3 is 5.32 Å². The second-order valence-corrected chi connectivity index (χ2v) is 5.27. The van der Waals surface area contributed by atoms with E-state index in [1.54, 1.807) is 12.1 Å². The van der Waals surface area contributed by atoms with E-state index >= 15 is 0 Å². The van der Waals surface area contributed by atoms with Crippen molar-refractivity contribution in [3.05, 3.63) is 47.3 Å². The Bertz CT molecular complexity index is 408. The predicted octanol–water partition coefficient (Wildman–Crippen LogP) is 4.76. The molecule has 0 fully saturated rings. The fraction of sp³-hybridized carbons (Fsp3) is 0.529. The van der Waals surface area contributed by atoms with Crippen molar-refractivity contribution in [3.8, 4) is 0 Å². The van der Waals surface area contributed by atoms with Crippen LogP contribution in [0.25, 0.3) is 0 Å². The zero-order valence-electron chi connectivity index (χ0n) is 11.8. The Morgan fingerprint density at radius 2 is 1.84 bits per heavy atom. The monoisotopic (exact) mass is 261 g/mol. The van der Waals surface area contributed by atoms with Crippen molar-refractivity contribution in [2.24, 2.45) is 0 Å². The lowest BCUT2D eigenvalue weighted by Gasteiger charge is -2.23. The highest BCUT2D eigenvalue weighted by Crippen LogP contribution is 2.28. The minimum absolute atomic E-state index is 0.161. The minimum Gasteiger partial charge on any atom is -0.307 e. The van der Waals surface area contributed by atoms with Gasteiger partial charge in [0, 0.05) is 0 Å². The Morgan fingerprint density at radius 1 is 1.11 bits per heavy atom. The number of rotatable bonds is 4. The summed E-state index contributed by atoms with van der Waals surface area (Å²) in [4.78, 5) is 0. The largest absolute Gasteiger partial charge is 0.307 e. The quantitative estimate of drug-likeness (QED) is 0.771. The van der Waals surface area contributed by atoms with Gasteiger partial charge in [-0.1, -0.05) is 43.5 Å². The molecule has 19 heavy (non-hydrogen) atoms. The fourth-order valence-corrected chi connectivity index (χ4v) is 2.80. The summed E-state index contributed by atoms with van der Waals surface area (Å²) in [6, 6.07) is 7.18. The molecule has 2 rings (SSSR count). The van der Waals surface area contributed by atoms with Gasteiger partial charge in [-0.05, 0) is 49.9 Å². The maximum atomic E-state index is 13.1. The van der Waals surface area contributed by atoms with Crippen LogP contribution in [0.1, 0.15) is 57.1 Å². The van der Waals surface area contributed by atoms with Crippen molar-refractivity contribution in [2.75, 3.05) is 6.54 Å². The molecule has 1 aromatic carbocycles. The standard InChI is InChI=1S/C17H24FN/c1-2-19-17(15-10-12-16(18)13-11-15)14-8-6-4-3-5-7-9-14/h8,10-13,17,19H,2-7,9H2,1H3/b14-8+. The van der Waals surface area contributed by atoms with Crippen molar-refractivity contribution >= 4 is 0 Å². The van der Waals surface area contributed by atoms with Gasteiger partial charge in [-0.3, -0.25) is 0 Å². The third kappa shape index (κ3) is 4.17. The topological polar surface area (TPSA) is 12.0 Å². The van der Waals surface area contributed by atoms with E-state index in [0.717, 1.165) is 13.0 Å². The number of benzene rings is 1. The third-order valence-electron chi connectivity index (χ3n) is 3.81. The minimum atomic E-state index is -0.161. The molecule has 0 saturated carbocycles. The van der Waals surface area contributed by atoms with Crippen LogP contribution in [0.4, 0.5) is 4.39 Å². The first kappa shape index (κ1) is 14.3. The third-order valence-corrected chi connectivity index (χ3v) is 3.81. The van der Waals surface area contributed by atoms with Gasteiger partial charge in [0.25, 0.3) is 0 Å². The Hall–Kier alpha value is -1.15. The second kappa shape index (κ2) is 7.44. The molecule has 0 spiro atoms. The Kier molecular flexibility index (Phi) is 5.59. The van der Waals surface area contributed by atoms with Gasteiger partial charge >= 0.3 is 0 Å². The summed E-state index contributed by atoms with van der Waals surface area (Å²) < 4.78 is 13.1. The molecule has 0 heterocycles. The highest BCUT2D eigenvalue weighted by molar-refractivity contribution is 5.28. The average molecular weight is 261 g/mol. The highest BCUT2D eigenvalue weighted by atomic mass is 19.1. The average Bonchev–Trinajstić information content (AvgIpc) is 2.38. The first-order valence-electron chi connectivity index (χ1n) is 7.49. The number of hydrogen-bond acceptors (Lipinski definition) is 1. The van der Waals surface area contributed by atoms with Crippen LogP contribution < -0.4 is 5.32 Å². The van der Waals surface area contributed by atoms with Crippen molar-refractivity contribution < 1.29 is 4.39 Å². The molecule has 0 amide bonds. The first-order valence-corrected chi connectivity index (χ1v) is 7.49. The van der Waals surface area contributed by atoms with E-state index in [1.807, 2.05) is 12.1 Å². The van der Waals surface area contributed by atoms with Crippen molar-refractivity contribution in [2.45, 2.75) is 51.5 Å². The second-order valence-electron chi connectivity index (χ2n) is 5.27. The van der Waals surface area contributed by atoms with Crippen molar-refractivity contribution in [1.82, 2.24) is 5.32 Å². The van der Waals surface area contributed by atoms with Gasteiger partial charge in [-0.25, -0.2) is 4.39 Å². The van der Waals surface area contributed by atoms with Gasteiger partial charge in [-0.2, -0.15) is 0 Å². The lowest BCUT2D eigenvalue weighted by atomic mass is 9.91. The summed E-state index contributed by atoms with van der Waals surface area (Å²) in [7, 11) is 0. The number of allylic oxidation sites excluding steroid dienone is 1. The lowest BCUT2D eigenvalue weighted by molar-refractivity contribution is 0.552. The van der Waals surface area contributed by atoms with Gasteiger partial charge in [0.1, 0.15) is 5.82 Å². The zero-order valence-corrected chi connectivity index (χ0v) is 11.8. The van der Waals surface area contributed by atoms with E-state index < -0.39 is 0 Å². The lowest BCUT2D eigenvalue weighted by Crippen LogP contribution is -2.23. The maximum absolute atomic E-state index is 13.1. The SMILES string of the molecule is CCNC(/C1=C/CCCCCC1)c1ccc(F)cc1. The van der Waals surface area contributed by atoms with E-state index in [4.69, 9.17) is 0 Å². The molecule has 1 atom stereocenters. The Morgan fingerprint density at radius 3 is 2.58 bits per heavy atom. The van der Waals surface area contributed by atoms with E-state index in [2.05, 4.69) is 18.3 Å². The van der Waals surface area contributed by atoms with Gasteiger partial charge in [0.05, 0.1) is 6.04 Å². The van der Waals surface area contributed by atoms with Crippen LogP contribution >= 0.6 is 0 Å². The molecule has 1 N–H and O–H groups in total. The molecule has 0 aliphatic heterocycles. The molecule has 1 nitrogen and oxygen atoms in total. The van der Waals surface area contributed by atoms with Crippen LogP contribution in [0, 0.1) is 5.82 Å². The van der Waals surface area contributed by atoms with Crippen LogP contribution in [0.3, 0.4) is 0 Å². The summed E-state index contributed by atoms with van der Waals surface area (Å²) in [6.45, 7) is 3.05. The van der Waals surface area contributed by atoms with E-state index in [1.165, 1.54) is 43.2 Å². The zero-order chi connectivity index (χ0) is 13.5. The molecule has 1 aliphatic carbocycles. The number of halogens is 1. The molecule has 1 unspecified atom stereocenters. The Balaban J connectivity index is 2.20. The molecular weight excluding hydrogens is 237 g/mol. The predicted molar refractivity (Wildman–Crippen MR) is 78.6 cm³/mol. The number of hydrogen-bond donors (Lipinski definition) is 1. The number of likely N-dealkylation sites (N-methyl/N-ethyl adjacent to an activating group) is 1. The van der Waals surface area contributed by atoms with Crippen LogP contribution in [0.15, 0.2) is 35.9 Å². The van der Waals surface area contributed by atoms with Crippen molar-refractivity contribution in [1.29, 1.82) is 0 Å². The molecule has 0 bridgehead atoms. The highest BCUT2D eigenvalue weighted by Gasteiger charge is 2.16. The Labute approximate surface area is 115 Å². The van der Waals surface area contributed by atoms with E-state index in [0.29, 0.717) is 0 Å². The molecular formula is C17H24FN. The smallest absolute Gasteiger partial charge is 0.123 e.